The molecule has 0 aromatic heterocycles. The fourth-order valence-electron chi connectivity index (χ4n) is 2.91. The van der Waals surface area contributed by atoms with Gasteiger partial charge >= 0.3 is 5.90 Å². The molecule has 0 saturated heterocycles. The van der Waals surface area contributed by atoms with E-state index < -0.39 is 0 Å². The Labute approximate surface area is 147 Å². The average Bonchev–Trinajstić information content (AvgIpc) is 2.81. The molecule has 0 saturated carbocycles. The maximum absolute atomic E-state index is 10.9. The van der Waals surface area contributed by atoms with Gasteiger partial charge in [-0.2, -0.15) is 0 Å². The first-order valence-corrected chi connectivity index (χ1v) is 8.28. The van der Waals surface area contributed by atoms with E-state index in [0.29, 0.717) is 10.6 Å². The molecule has 0 unspecified atom stereocenters. The topological polar surface area (TPSA) is 43.5 Å². The smallest absolute Gasteiger partial charge is 0.379 e. The minimum Gasteiger partial charge on any atom is -0.508 e. The van der Waals surface area contributed by atoms with E-state index in [-0.39, 0.29) is 17.1 Å². The van der Waals surface area contributed by atoms with Crippen LogP contribution in [-0.2, 0) is 0 Å². The number of hydrogen-bond donors (Lipinski definition) is 2. The van der Waals surface area contributed by atoms with Gasteiger partial charge in [0.1, 0.15) is 5.75 Å². The summed E-state index contributed by atoms with van der Waals surface area (Å²) in [5.74, 6) is 0.375. The minimum absolute atomic E-state index is 0.0639. The first kappa shape index (κ1) is 16.6. The summed E-state index contributed by atoms with van der Waals surface area (Å²) in [4.78, 5) is 0. The standard InChI is InChI=1S/C20H20ClNO2/c1-20(2,3)12-16-10-14-11-17(23)8-9-18(14)22(16)19(24)13-4-6-15(21)7-5-13/h4-11,23H,12H2,1-3H3/p+1. The van der Waals surface area contributed by atoms with Crippen molar-refractivity contribution in [3.05, 3.63) is 64.3 Å². The number of halogens is 1. The van der Waals surface area contributed by atoms with Crippen molar-refractivity contribution in [2.24, 2.45) is 5.41 Å². The van der Waals surface area contributed by atoms with Crippen LogP contribution in [0.5, 0.6) is 5.75 Å². The van der Waals surface area contributed by atoms with Crippen molar-refractivity contribution in [2.75, 3.05) is 0 Å². The van der Waals surface area contributed by atoms with Gasteiger partial charge in [0.05, 0.1) is 11.1 Å². The van der Waals surface area contributed by atoms with Crippen molar-refractivity contribution in [3.63, 3.8) is 0 Å². The summed E-state index contributed by atoms with van der Waals surface area (Å²) in [6.07, 6.45) is 2.81. The number of phenols is 1. The van der Waals surface area contributed by atoms with Gasteiger partial charge in [0.2, 0.25) is 5.69 Å². The number of phenolic OH excluding ortho intramolecular Hbond substituents is 1. The van der Waals surface area contributed by atoms with E-state index >= 15 is 0 Å². The molecule has 1 heterocycles. The Morgan fingerprint density at radius 1 is 1.08 bits per heavy atom. The third kappa shape index (κ3) is 3.31. The molecule has 0 fully saturated rings. The zero-order valence-electron chi connectivity index (χ0n) is 14.0. The highest BCUT2D eigenvalue weighted by molar-refractivity contribution is 6.30. The van der Waals surface area contributed by atoms with Crippen molar-refractivity contribution in [1.29, 1.82) is 0 Å². The zero-order chi connectivity index (χ0) is 17.5. The highest BCUT2D eigenvalue weighted by Crippen LogP contribution is 2.39. The second-order valence-electron chi connectivity index (χ2n) is 7.28. The lowest BCUT2D eigenvalue weighted by atomic mass is 9.90. The van der Waals surface area contributed by atoms with Crippen molar-refractivity contribution in [3.8, 4) is 5.75 Å². The van der Waals surface area contributed by atoms with E-state index in [9.17, 15) is 10.2 Å². The van der Waals surface area contributed by atoms with Crippen LogP contribution in [0, 0.1) is 5.41 Å². The van der Waals surface area contributed by atoms with Crippen molar-refractivity contribution >= 4 is 29.3 Å². The van der Waals surface area contributed by atoms with Crippen LogP contribution < -0.4 is 0 Å². The van der Waals surface area contributed by atoms with Gasteiger partial charge in [-0.3, -0.25) is 0 Å². The molecular weight excluding hydrogens is 322 g/mol. The van der Waals surface area contributed by atoms with Crippen LogP contribution in [0.4, 0.5) is 5.69 Å². The van der Waals surface area contributed by atoms with Crippen LogP contribution in [0.25, 0.3) is 6.08 Å². The Morgan fingerprint density at radius 2 is 1.75 bits per heavy atom. The molecule has 3 nitrogen and oxygen atoms in total. The summed E-state index contributed by atoms with van der Waals surface area (Å²) in [6.45, 7) is 6.48. The normalized spacial score (nSPS) is 15.9. The minimum atomic E-state index is 0.0639. The van der Waals surface area contributed by atoms with Gasteiger partial charge in [0, 0.05) is 23.6 Å². The Hall–Kier alpha value is -2.26. The van der Waals surface area contributed by atoms with Crippen LogP contribution in [-0.4, -0.2) is 20.7 Å². The second kappa shape index (κ2) is 5.99. The van der Waals surface area contributed by atoms with Gasteiger partial charge in [0.15, 0.2) is 5.70 Å². The van der Waals surface area contributed by atoms with Gasteiger partial charge in [-0.05, 0) is 41.8 Å². The summed E-state index contributed by atoms with van der Waals surface area (Å²) in [7, 11) is 0. The van der Waals surface area contributed by atoms with E-state index in [4.69, 9.17) is 11.6 Å². The number of aliphatic hydroxyl groups excluding tert-OH is 1. The van der Waals surface area contributed by atoms with E-state index in [0.717, 1.165) is 23.4 Å². The van der Waals surface area contributed by atoms with Crippen molar-refractivity contribution in [1.82, 2.24) is 0 Å². The molecule has 3 rings (SSSR count). The third-order valence-electron chi connectivity index (χ3n) is 3.89. The molecule has 0 amide bonds. The lowest BCUT2D eigenvalue weighted by molar-refractivity contribution is -0.392. The number of nitrogens with zero attached hydrogens (tertiary/aromatic N) is 1. The maximum atomic E-state index is 10.9. The largest absolute Gasteiger partial charge is 0.508 e. The summed E-state index contributed by atoms with van der Waals surface area (Å²) < 4.78 is 1.85. The predicted molar refractivity (Wildman–Crippen MR) is 98.3 cm³/mol. The summed E-state index contributed by atoms with van der Waals surface area (Å²) in [5.41, 5.74) is 3.51. The van der Waals surface area contributed by atoms with E-state index in [1.807, 2.05) is 16.7 Å². The molecule has 0 spiro atoms. The van der Waals surface area contributed by atoms with Crippen LogP contribution in [0.3, 0.4) is 0 Å². The Kier molecular flexibility index (Phi) is 4.14. The van der Waals surface area contributed by atoms with E-state index in [1.54, 1.807) is 36.4 Å². The number of allylic oxidation sites excluding steroid dienone is 1. The molecule has 2 N–H and O–H groups in total. The van der Waals surface area contributed by atoms with Crippen molar-refractivity contribution < 1.29 is 14.8 Å². The molecule has 2 aromatic rings. The highest BCUT2D eigenvalue weighted by atomic mass is 35.5. The first-order chi connectivity index (χ1) is 11.2. The number of fused-ring (bicyclic) bond motifs is 1. The number of benzene rings is 2. The van der Waals surface area contributed by atoms with Gasteiger partial charge in [-0.15, -0.1) is 4.58 Å². The predicted octanol–water partition coefficient (Wildman–Crippen LogP) is 5.49. The molecule has 124 valence electrons. The van der Waals surface area contributed by atoms with Gasteiger partial charge < -0.3 is 10.2 Å². The van der Waals surface area contributed by atoms with E-state index in [1.165, 1.54) is 0 Å². The second-order valence-corrected chi connectivity index (χ2v) is 7.72. The molecule has 2 aromatic carbocycles. The third-order valence-corrected chi connectivity index (χ3v) is 4.14. The number of aromatic hydroxyl groups is 1. The van der Waals surface area contributed by atoms with Gasteiger partial charge in [0.25, 0.3) is 0 Å². The van der Waals surface area contributed by atoms with Crippen LogP contribution in [0.1, 0.15) is 38.3 Å². The Bertz CT molecular complexity index is 843. The van der Waals surface area contributed by atoms with Gasteiger partial charge in [-0.1, -0.05) is 32.4 Å². The number of hydrogen-bond acceptors (Lipinski definition) is 1. The molecule has 1 aliphatic heterocycles. The monoisotopic (exact) mass is 342 g/mol. The Balaban J connectivity index is 2.16. The summed E-state index contributed by atoms with van der Waals surface area (Å²) >= 11 is 5.95. The molecule has 4 heteroatoms. The molecule has 0 atom stereocenters. The number of rotatable bonds is 2. The quantitative estimate of drug-likeness (QED) is 0.560. The Morgan fingerprint density at radius 3 is 2.38 bits per heavy atom. The molecule has 24 heavy (non-hydrogen) atoms. The zero-order valence-corrected chi connectivity index (χ0v) is 14.8. The summed E-state index contributed by atoms with van der Waals surface area (Å²) in [5, 5.41) is 21.3. The van der Waals surface area contributed by atoms with Crippen LogP contribution >= 0.6 is 11.6 Å². The molecule has 0 bridgehead atoms. The average molecular weight is 343 g/mol. The molecular formula is C20H21ClNO2+. The SMILES string of the molecule is CC(C)(C)CC1=Cc2cc(O)ccc2[N+]1=C(O)c1ccc(Cl)cc1. The fraction of sp³-hybridized carbons (Fsp3) is 0.250. The summed E-state index contributed by atoms with van der Waals surface area (Å²) in [6, 6.07) is 12.3. The lowest BCUT2D eigenvalue weighted by Crippen LogP contribution is -2.19. The van der Waals surface area contributed by atoms with E-state index in [2.05, 4.69) is 20.8 Å². The van der Waals surface area contributed by atoms with Crippen molar-refractivity contribution in [2.45, 2.75) is 27.2 Å². The van der Waals surface area contributed by atoms with Crippen LogP contribution in [0.2, 0.25) is 5.02 Å². The van der Waals surface area contributed by atoms with Gasteiger partial charge in [-0.25, -0.2) is 0 Å². The maximum Gasteiger partial charge on any atom is 0.379 e. The molecule has 1 aliphatic rings. The van der Waals surface area contributed by atoms with Crippen LogP contribution in [0.15, 0.2) is 48.2 Å². The molecule has 0 radical (unpaired) electrons. The lowest BCUT2D eigenvalue weighted by Gasteiger charge is -2.16. The molecule has 0 aliphatic carbocycles. The highest BCUT2D eigenvalue weighted by Gasteiger charge is 2.34. The fourth-order valence-corrected chi connectivity index (χ4v) is 3.04. The first-order valence-electron chi connectivity index (χ1n) is 7.90. The number of aliphatic hydroxyl groups is 1.